The Morgan fingerprint density at radius 1 is 1.42 bits per heavy atom. The molecule has 2 N–H and O–H groups in total. The van der Waals surface area contributed by atoms with Gasteiger partial charge in [-0.15, -0.1) is 0 Å². The van der Waals surface area contributed by atoms with Gasteiger partial charge in [-0.05, 0) is 53.4 Å². The maximum atomic E-state index is 9.78. The second kappa shape index (κ2) is 6.11. The fraction of sp³-hybridized carbons (Fsp3) is 0.571. The lowest BCUT2D eigenvalue weighted by atomic mass is 9.92. The molecule has 1 aromatic carbocycles. The minimum absolute atomic E-state index is 0.121. The van der Waals surface area contributed by atoms with Gasteiger partial charge in [0.1, 0.15) is 0 Å². The Morgan fingerprint density at radius 3 is 2.74 bits per heavy atom. The van der Waals surface area contributed by atoms with E-state index in [2.05, 4.69) is 28.2 Å². The van der Waals surface area contributed by atoms with Gasteiger partial charge in [0.05, 0.1) is 11.6 Å². The Balaban J connectivity index is 2.05. The average Bonchev–Trinajstić information content (AvgIpc) is 2.41. The van der Waals surface area contributed by atoms with Gasteiger partial charge in [-0.3, -0.25) is 0 Å². The first kappa shape index (κ1) is 14.6. The monoisotopic (exact) mass is 329 g/mol. The number of phenols is 1. The maximum absolute atomic E-state index is 9.78. The van der Waals surface area contributed by atoms with Crippen molar-refractivity contribution in [3.05, 3.63) is 22.2 Å². The number of halogens is 1. The lowest BCUT2D eigenvalue weighted by Gasteiger charge is -2.34. The predicted molar refractivity (Wildman–Crippen MR) is 77.7 cm³/mol. The zero-order valence-electron chi connectivity index (χ0n) is 11.3. The predicted octanol–water partition coefficient (Wildman–Crippen LogP) is 2.82. The molecule has 0 aromatic heterocycles. The van der Waals surface area contributed by atoms with Crippen molar-refractivity contribution in [3.63, 3.8) is 0 Å². The number of ether oxygens (including phenoxy) is 2. The summed E-state index contributed by atoms with van der Waals surface area (Å²) in [6.07, 6.45) is 2.03. The van der Waals surface area contributed by atoms with Crippen LogP contribution < -0.4 is 10.1 Å². The lowest BCUT2D eigenvalue weighted by molar-refractivity contribution is 0.0446. The Bertz CT molecular complexity index is 445. The molecule has 1 aliphatic rings. The molecule has 1 aromatic rings. The highest BCUT2D eigenvalue weighted by molar-refractivity contribution is 9.10. The fourth-order valence-electron chi connectivity index (χ4n) is 2.20. The van der Waals surface area contributed by atoms with E-state index in [9.17, 15) is 5.11 Å². The van der Waals surface area contributed by atoms with E-state index in [1.54, 1.807) is 7.11 Å². The average molecular weight is 330 g/mol. The molecule has 0 saturated carbocycles. The molecule has 1 heterocycles. The van der Waals surface area contributed by atoms with Crippen LogP contribution in [0.25, 0.3) is 0 Å². The van der Waals surface area contributed by atoms with E-state index in [0.717, 1.165) is 38.2 Å². The van der Waals surface area contributed by atoms with Crippen LogP contribution >= 0.6 is 15.9 Å². The van der Waals surface area contributed by atoms with E-state index < -0.39 is 0 Å². The van der Waals surface area contributed by atoms with Gasteiger partial charge in [0.2, 0.25) is 0 Å². The van der Waals surface area contributed by atoms with Crippen LogP contribution in [0.5, 0.6) is 11.5 Å². The van der Waals surface area contributed by atoms with Crippen LogP contribution in [0.4, 0.5) is 0 Å². The first-order chi connectivity index (χ1) is 9.04. The number of hydrogen-bond acceptors (Lipinski definition) is 4. The van der Waals surface area contributed by atoms with E-state index >= 15 is 0 Å². The van der Waals surface area contributed by atoms with E-state index in [1.165, 1.54) is 0 Å². The molecule has 1 saturated heterocycles. The van der Waals surface area contributed by atoms with Crippen LogP contribution in [0, 0.1) is 0 Å². The van der Waals surface area contributed by atoms with Gasteiger partial charge in [-0.25, -0.2) is 0 Å². The molecular formula is C14H20BrNO3. The third kappa shape index (κ3) is 3.61. The van der Waals surface area contributed by atoms with Crippen molar-refractivity contribution in [1.29, 1.82) is 0 Å². The number of nitrogens with one attached hydrogen (secondary N) is 1. The van der Waals surface area contributed by atoms with Gasteiger partial charge in [-0.1, -0.05) is 0 Å². The maximum Gasteiger partial charge on any atom is 0.172 e. The number of phenolic OH excluding ortho intramolecular Hbond substituents is 1. The van der Waals surface area contributed by atoms with Gasteiger partial charge in [0, 0.05) is 25.3 Å². The zero-order valence-corrected chi connectivity index (χ0v) is 12.9. The molecule has 19 heavy (non-hydrogen) atoms. The number of benzene rings is 1. The minimum atomic E-state index is 0.121. The van der Waals surface area contributed by atoms with Crippen LogP contribution in [0.2, 0.25) is 0 Å². The van der Waals surface area contributed by atoms with Gasteiger partial charge in [-0.2, -0.15) is 0 Å². The van der Waals surface area contributed by atoms with Crippen molar-refractivity contribution in [1.82, 2.24) is 5.32 Å². The summed E-state index contributed by atoms with van der Waals surface area (Å²) in [4.78, 5) is 0. The summed E-state index contributed by atoms with van der Waals surface area (Å²) >= 11 is 3.34. The molecule has 0 atom stereocenters. The molecule has 0 amide bonds. The van der Waals surface area contributed by atoms with Crippen molar-refractivity contribution in [2.45, 2.75) is 31.8 Å². The highest BCUT2D eigenvalue weighted by Crippen LogP contribution is 2.35. The summed E-state index contributed by atoms with van der Waals surface area (Å²) in [5.41, 5.74) is 1.20. The highest BCUT2D eigenvalue weighted by Gasteiger charge is 2.26. The molecule has 0 unspecified atom stereocenters. The van der Waals surface area contributed by atoms with Crippen molar-refractivity contribution < 1.29 is 14.6 Å². The summed E-state index contributed by atoms with van der Waals surface area (Å²) in [5, 5.41) is 13.4. The highest BCUT2D eigenvalue weighted by atomic mass is 79.9. The SMILES string of the molecule is COc1cc(CNC2(C)CCOCC2)cc(Br)c1O. The second-order valence-corrected chi connectivity index (χ2v) is 6.01. The Morgan fingerprint density at radius 2 is 2.11 bits per heavy atom. The molecule has 106 valence electrons. The standard InChI is InChI=1S/C14H20BrNO3/c1-14(3-5-19-6-4-14)16-9-10-7-11(15)13(17)12(8-10)18-2/h7-8,16-17H,3-6,9H2,1-2H3. The first-order valence-corrected chi connectivity index (χ1v) is 7.21. The van der Waals surface area contributed by atoms with Crippen molar-refractivity contribution >= 4 is 15.9 Å². The van der Waals surface area contributed by atoms with E-state index in [0.29, 0.717) is 10.2 Å². The molecule has 2 rings (SSSR count). The van der Waals surface area contributed by atoms with Gasteiger partial charge < -0.3 is 19.9 Å². The second-order valence-electron chi connectivity index (χ2n) is 5.16. The normalized spacial score (nSPS) is 18.3. The van der Waals surface area contributed by atoms with Crippen LogP contribution in [0.15, 0.2) is 16.6 Å². The van der Waals surface area contributed by atoms with Crippen LogP contribution in [-0.2, 0) is 11.3 Å². The van der Waals surface area contributed by atoms with E-state index in [-0.39, 0.29) is 11.3 Å². The van der Waals surface area contributed by atoms with Gasteiger partial charge in [0.25, 0.3) is 0 Å². The third-order valence-corrected chi connectivity index (χ3v) is 4.23. The fourth-order valence-corrected chi connectivity index (χ4v) is 2.69. The molecule has 1 fully saturated rings. The Hall–Kier alpha value is -0.780. The van der Waals surface area contributed by atoms with Crippen LogP contribution in [0.3, 0.4) is 0 Å². The molecule has 0 radical (unpaired) electrons. The van der Waals surface area contributed by atoms with Crippen molar-refractivity contribution in [2.24, 2.45) is 0 Å². The van der Waals surface area contributed by atoms with Crippen molar-refractivity contribution in [2.75, 3.05) is 20.3 Å². The summed E-state index contributed by atoms with van der Waals surface area (Å²) in [6.45, 7) is 4.59. The van der Waals surface area contributed by atoms with E-state index in [1.807, 2.05) is 12.1 Å². The molecular weight excluding hydrogens is 310 g/mol. The Labute approximate surface area is 122 Å². The van der Waals surface area contributed by atoms with E-state index in [4.69, 9.17) is 9.47 Å². The summed E-state index contributed by atoms with van der Waals surface area (Å²) in [7, 11) is 1.55. The molecule has 0 aliphatic carbocycles. The topological polar surface area (TPSA) is 50.7 Å². The first-order valence-electron chi connectivity index (χ1n) is 6.42. The number of methoxy groups -OCH3 is 1. The van der Waals surface area contributed by atoms with Crippen LogP contribution in [0.1, 0.15) is 25.3 Å². The summed E-state index contributed by atoms with van der Waals surface area (Å²) in [6, 6.07) is 3.77. The summed E-state index contributed by atoms with van der Waals surface area (Å²) < 4.78 is 11.2. The zero-order chi connectivity index (χ0) is 13.9. The van der Waals surface area contributed by atoms with Gasteiger partial charge >= 0.3 is 0 Å². The molecule has 0 spiro atoms. The number of aromatic hydroxyl groups is 1. The van der Waals surface area contributed by atoms with Crippen molar-refractivity contribution in [3.8, 4) is 11.5 Å². The third-order valence-electron chi connectivity index (χ3n) is 3.62. The molecule has 0 bridgehead atoms. The van der Waals surface area contributed by atoms with Crippen LogP contribution in [-0.4, -0.2) is 31.0 Å². The number of hydrogen-bond donors (Lipinski definition) is 2. The molecule has 4 nitrogen and oxygen atoms in total. The van der Waals surface area contributed by atoms with Gasteiger partial charge in [0.15, 0.2) is 11.5 Å². The Kier molecular flexibility index (Phi) is 4.71. The molecule has 5 heteroatoms. The minimum Gasteiger partial charge on any atom is -0.503 e. The largest absolute Gasteiger partial charge is 0.503 e. The quantitative estimate of drug-likeness (QED) is 0.891. The summed E-state index contributed by atoms with van der Waals surface area (Å²) in [5.74, 6) is 0.631. The molecule has 1 aliphatic heterocycles. The lowest BCUT2D eigenvalue weighted by Crippen LogP contribution is -2.46. The number of rotatable bonds is 4. The smallest absolute Gasteiger partial charge is 0.172 e.